The van der Waals surface area contributed by atoms with Gasteiger partial charge < -0.3 is 5.32 Å². The zero-order valence-corrected chi connectivity index (χ0v) is 9.35. The maximum atomic E-state index is 11.5. The van der Waals surface area contributed by atoms with E-state index in [1.807, 2.05) is 0 Å². The van der Waals surface area contributed by atoms with Crippen LogP contribution in [-0.4, -0.2) is 32.4 Å². The van der Waals surface area contributed by atoms with Crippen LogP contribution in [0.3, 0.4) is 0 Å². The van der Waals surface area contributed by atoms with Crippen LogP contribution in [0.15, 0.2) is 23.3 Å². The van der Waals surface area contributed by atoms with Crippen molar-refractivity contribution in [3.05, 3.63) is 29.0 Å². The average Bonchev–Trinajstić information content (AvgIpc) is 2.96. The van der Waals surface area contributed by atoms with Gasteiger partial charge in [-0.25, -0.2) is 4.98 Å². The number of nitrogens with one attached hydrogen (secondary N) is 1. The van der Waals surface area contributed by atoms with Crippen molar-refractivity contribution in [1.29, 1.82) is 0 Å². The summed E-state index contributed by atoms with van der Waals surface area (Å²) >= 11 is 1.41. The Morgan fingerprint density at radius 1 is 1.56 bits per heavy atom. The first-order chi connectivity index (χ1) is 7.86. The molecule has 0 radical (unpaired) electrons. The lowest BCUT2D eigenvalue weighted by atomic mass is 10.4. The smallest absolute Gasteiger partial charge is 0.270 e. The van der Waals surface area contributed by atoms with Crippen molar-refractivity contribution in [1.82, 2.24) is 25.3 Å². The highest BCUT2D eigenvalue weighted by Crippen LogP contribution is 2.00. The van der Waals surface area contributed by atoms with Crippen molar-refractivity contribution >= 4 is 17.2 Å². The highest BCUT2D eigenvalue weighted by atomic mass is 32.1. The molecular formula is C9H11N5OS. The normalized spacial score (nSPS) is 10.2. The van der Waals surface area contributed by atoms with E-state index in [4.69, 9.17) is 0 Å². The van der Waals surface area contributed by atoms with Gasteiger partial charge in [-0.05, 0) is 6.42 Å². The van der Waals surface area contributed by atoms with Gasteiger partial charge in [-0.1, -0.05) is 5.21 Å². The third kappa shape index (κ3) is 2.86. The second kappa shape index (κ2) is 5.36. The summed E-state index contributed by atoms with van der Waals surface area (Å²) in [5.41, 5.74) is 2.12. The van der Waals surface area contributed by atoms with E-state index in [0.717, 1.165) is 13.0 Å². The van der Waals surface area contributed by atoms with E-state index in [2.05, 4.69) is 20.6 Å². The number of rotatable bonds is 5. The van der Waals surface area contributed by atoms with Crippen molar-refractivity contribution in [2.24, 2.45) is 0 Å². The third-order valence-corrected chi connectivity index (χ3v) is 2.57. The first-order valence-electron chi connectivity index (χ1n) is 4.87. The molecule has 0 spiro atoms. The molecular weight excluding hydrogens is 226 g/mol. The fraction of sp³-hybridized carbons (Fsp3) is 0.333. The average molecular weight is 237 g/mol. The number of amides is 1. The quantitative estimate of drug-likeness (QED) is 0.771. The van der Waals surface area contributed by atoms with Crippen molar-refractivity contribution < 1.29 is 4.79 Å². The van der Waals surface area contributed by atoms with E-state index in [1.54, 1.807) is 28.0 Å². The highest BCUT2D eigenvalue weighted by molar-refractivity contribution is 7.07. The van der Waals surface area contributed by atoms with Crippen LogP contribution in [0.25, 0.3) is 0 Å². The Morgan fingerprint density at radius 2 is 2.50 bits per heavy atom. The van der Waals surface area contributed by atoms with Crippen LogP contribution in [0.5, 0.6) is 0 Å². The molecule has 0 fully saturated rings. The van der Waals surface area contributed by atoms with Gasteiger partial charge in [0.15, 0.2) is 0 Å². The zero-order chi connectivity index (χ0) is 11.2. The Morgan fingerprint density at radius 3 is 3.19 bits per heavy atom. The number of hydrogen-bond donors (Lipinski definition) is 1. The van der Waals surface area contributed by atoms with Crippen LogP contribution in [-0.2, 0) is 6.54 Å². The molecule has 0 aliphatic carbocycles. The van der Waals surface area contributed by atoms with Gasteiger partial charge in [-0.3, -0.25) is 9.48 Å². The van der Waals surface area contributed by atoms with Crippen LogP contribution in [0, 0.1) is 0 Å². The minimum atomic E-state index is -0.125. The minimum absolute atomic E-state index is 0.125. The molecule has 84 valence electrons. The van der Waals surface area contributed by atoms with Gasteiger partial charge in [0.05, 0.1) is 11.7 Å². The SMILES string of the molecule is O=C(NCCCn1ccnn1)c1cscn1. The molecule has 1 amide bonds. The highest BCUT2D eigenvalue weighted by Gasteiger charge is 2.05. The number of aromatic nitrogens is 4. The molecule has 1 N–H and O–H groups in total. The molecule has 0 bridgehead atoms. The Balaban J connectivity index is 1.67. The summed E-state index contributed by atoms with van der Waals surface area (Å²) in [6.07, 6.45) is 4.25. The molecule has 2 aromatic rings. The summed E-state index contributed by atoms with van der Waals surface area (Å²) in [5, 5.41) is 12.0. The van der Waals surface area contributed by atoms with Gasteiger partial charge >= 0.3 is 0 Å². The second-order valence-corrected chi connectivity index (χ2v) is 3.87. The van der Waals surface area contributed by atoms with E-state index in [9.17, 15) is 4.79 Å². The van der Waals surface area contributed by atoms with Gasteiger partial charge in [0, 0.05) is 24.7 Å². The van der Waals surface area contributed by atoms with Crippen LogP contribution in [0.1, 0.15) is 16.9 Å². The van der Waals surface area contributed by atoms with Gasteiger partial charge in [-0.2, -0.15) is 0 Å². The van der Waals surface area contributed by atoms with Crippen molar-refractivity contribution in [2.45, 2.75) is 13.0 Å². The summed E-state index contributed by atoms with van der Waals surface area (Å²) < 4.78 is 1.73. The number of nitrogens with zero attached hydrogens (tertiary/aromatic N) is 4. The van der Waals surface area contributed by atoms with Crippen LogP contribution < -0.4 is 5.32 Å². The van der Waals surface area contributed by atoms with E-state index in [0.29, 0.717) is 12.2 Å². The molecule has 0 aliphatic heterocycles. The molecule has 0 aromatic carbocycles. The molecule has 2 rings (SSSR count). The summed E-state index contributed by atoms with van der Waals surface area (Å²) in [5.74, 6) is -0.125. The third-order valence-electron chi connectivity index (χ3n) is 1.99. The number of thiazole rings is 1. The number of carbonyl (C=O) groups excluding carboxylic acids is 1. The minimum Gasteiger partial charge on any atom is -0.351 e. The molecule has 6 nitrogen and oxygen atoms in total. The van der Waals surface area contributed by atoms with Crippen LogP contribution >= 0.6 is 11.3 Å². The zero-order valence-electron chi connectivity index (χ0n) is 8.54. The summed E-state index contributed by atoms with van der Waals surface area (Å²) in [7, 11) is 0. The van der Waals surface area contributed by atoms with E-state index < -0.39 is 0 Å². The first-order valence-corrected chi connectivity index (χ1v) is 5.81. The van der Waals surface area contributed by atoms with E-state index >= 15 is 0 Å². The molecule has 2 aromatic heterocycles. The van der Waals surface area contributed by atoms with Crippen molar-refractivity contribution in [3.63, 3.8) is 0 Å². The first kappa shape index (κ1) is 10.7. The Hall–Kier alpha value is -1.76. The summed E-state index contributed by atoms with van der Waals surface area (Å²) in [6, 6.07) is 0. The lowest BCUT2D eigenvalue weighted by Gasteiger charge is -2.02. The number of hydrogen-bond acceptors (Lipinski definition) is 5. The Labute approximate surface area is 96.3 Å². The predicted molar refractivity (Wildman–Crippen MR) is 59.1 cm³/mol. The monoisotopic (exact) mass is 237 g/mol. The van der Waals surface area contributed by atoms with Crippen LogP contribution in [0.2, 0.25) is 0 Å². The van der Waals surface area contributed by atoms with Crippen molar-refractivity contribution in [2.75, 3.05) is 6.54 Å². The predicted octanol–water partition coefficient (Wildman–Crippen LogP) is 0.555. The number of carbonyl (C=O) groups is 1. The molecule has 0 saturated carbocycles. The maximum absolute atomic E-state index is 11.5. The Bertz CT molecular complexity index is 425. The number of aryl methyl sites for hydroxylation is 1. The maximum Gasteiger partial charge on any atom is 0.270 e. The standard InChI is InChI=1S/C9H11N5OS/c15-9(8-6-16-7-11-8)10-2-1-4-14-5-3-12-13-14/h3,5-7H,1-2,4H2,(H,10,15). The molecule has 16 heavy (non-hydrogen) atoms. The molecule has 0 saturated heterocycles. The fourth-order valence-electron chi connectivity index (χ4n) is 1.21. The molecule has 7 heteroatoms. The largest absolute Gasteiger partial charge is 0.351 e. The lowest BCUT2D eigenvalue weighted by molar-refractivity contribution is 0.0948. The molecule has 0 unspecified atom stereocenters. The Kier molecular flexibility index (Phi) is 3.60. The summed E-state index contributed by atoms with van der Waals surface area (Å²) in [6.45, 7) is 1.35. The van der Waals surface area contributed by atoms with E-state index in [-0.39, 0.29) is 5.91 Å². The van der Waals surface area contributed by atoms with Gasteiger partial charge in [0.1, 0.15) is 5.69 Å². The fourth-order valence-corrected chi connectivity index (χ4v) is 1.74. The molecule has 0 aliphatic rings. The molecule has 0 atom stereocenters. The van der Waals surface area contributed by atoms with Gasteiger partial charge in [-0.15, -0.1) is 16.4 Å². The van der Waals surface area contributed by atoms with Gasteiger partial charge in [0.25, 0.3) is 5.91 Å². The van der Waals surface area contributed by atoms with E-state index in [1.165, 1.54) is 11.3 Å². The summed E-state index contributed by atoms with van der Waals surface area (Å²) in [4.78, 5) is 15.4. The molecule has 2 heterocycles. The van der Waals surface area contributed by atoms with Crippen LogP contribution in [0.4, 0.5) is 0 Å². The van der Waals surface area contributed by atoms with Crippen molar-refractivity contribution in [3.8, 4) is 0 Å². The second-order valence-electron chi connectivity index (χ2n) is 3.15. The lowest BCUT2D eigenvalue weighted by Crippen LogP contribution is -2.25. The van der Waals surface area contributed by atoms with Gasteiger partial charge in [0.2, 0.25) is 0 Å². The topological polar surface area (TPSA) is 72.7 Å².